The Morgan fingerprint density at radius 1 is 1.07 bits per heavy atom. The van der Waals surface area contributed by atoms with Gasteiger partial charge in [-0.15, -0.1) is 0 Å². The number of pyridine rings is 1. The van der Waals surface area contributed by atoms with Gasteiger partial charge < -0.3 is 9.88 Å². The third kappa shape index (κ3) is 2.86. The van der Waals surface area contributed by atoms with Crippen molar-refractivity contribution in [1.82, 2.24) is 29.4 Å². The van der Waals surface area contributed by atoms with Crippen LogP contribution in [0.3, 0.4) is 0 Å². The summed E-state index contributed by atoms with van der Waals surface area (Å²) >= 11 is 0. The lowest BCUT2D eigenvalue weighted by atomic mass is 10.2. The number of rotatable bonds is 3. The van der Waals surface area contributed by atoms with Gasteiger partial charge in [0.1, 0.15) is 5.52 Å². The summed E-state index contributed by atoms with van der Waals surface area (Å²) in [6.07, 6.45) is 3.26. The van der Waals surface area contributed by atoms with Crippen LogP contribution in [0.5, 0.6) is 0 Å². The van der Waals surface area contributed by atoms with Crippen molar-refractivity contribution in [1.29, 1.82) is 0 Å². The average Bonchev–Trinajstić information content (AvgIpc) is 3.03. The van der Waals surface area contributed by atoms with Crippen LogP contribution in [0.25, 0.3) is 28.2 Å². The summed E-state index contributed by atoms with van der Waals surface area (Å²) in [5, 5.41) is 0. The Balaban J connectivity index is 2.08. The molecule has 0 unspecified atom stereocenters. The fourth-order valence-corrected chi connectivity index (χ4v) is 2.79. The lowest BCUT2D eigenvalue weighted by molar-refractivity contribution is 0.0824. The monoisotopic (exact) mass is 360 g/mol. The molecule has 0 spiro atoms. The van der Waals surface area contributed by atoms with Gasteiger partial charge in [-0.25, -0.2) is 19.3 Å². The molecule has 3 aromatic heterocycles. The molecule has 8 heteroatoms. The molecule has 0 aliphatic rings. The molecule has 4 rings (SSSR count). The maximum atomic E-state index is 12.7. The SMILES string of the molecule is CN(C)C(=O)c1nc(-c2cccnc2)nc2c1[nH]c(=O)n2-c1ccccc1. The minimum atomic E-state index is -0.387. The molecule has 0 aliphatic heterocycles. The topological polar surface area (TPSA) is 96.8 Å². The fraction of sp³-hybridized carbons (Fsp3) is 0.105. The van der Waals surface area contributed by atoms with Gasteiger partial charge in [0.15, 0.2) is 17.2 Å². The average molecular weight is 360 g/mol. The molecular weight excluding hydrogens is 344 g/mol. The van der Waals surface area contributed by atoms with Crippen LogP contribution in [0.4, 0.5) is 0 Å². The highest BCUT2D eigenvalue weighted by Gasteiger charge is 2.22. The number of nitrogens with one attached hydrogen (secondary N) is 1. The van der Waals surface area contributed by atoms with Crippen LogP contribution in [0.15, 0.2) is 59.7 Å². The standard InChI is InChI=1S/C19H16N6O2/c1-24(2)18(26)15-14-17(23-16(21-15)12-7-6-10-20-11-12)25(19(27)22-14)13-8-4-3-5-9-13/h3-11H,1-2H3,(H,22,27). The number of benzene rings is 1. The zero-order valence-electron chi connectivity index (χ0n) is 14.7. The molecule has 8 nitrogen and oxygen atoms in total. The molecule has 3 heterocycles. The zero-order valence-corrected chi connectivity index (χ0v) is 14.7. The van der Waals surface area contributed by atoms with E-state index >= 15 is 0 Å². The van der Waals surface area contributed by atoms with Crippen molar-refractivity contribution in [3.63, 3.8) is 0 Å². The van der Waals surface area contributed by atoms with E-state index in [1.54, 1.807) is 50.8 Å². The van der Waals surface area contributed by atoms with Gasteiger partial charge in [0.2, 0.25) is 0 Å². The van der Waals surface area contributed by atoms with E-state index in [1.165, 1.54) is 9.47 Å². The van der Waals surface area contributed by atoms with Crippen LogP contribution in [0, 0.1) is 0 Å². The van der Waals surface area contributed by atoms with Crippen molar-refractivity contribution in [2.24, 2.45) is 0 Å². The van der Waals surface area contributed by atoms with E-state index in [-0.39, 0.29) is 17.3 Å². The first kappa shape index (κ1) is 16.6. The minimum Gasteiger partial charge on any atom is -0.343 e. The molecular formula is C19H16N6O2. The quantitative estimate of drug-likeness (QED) is 0.602. The minimum absolute atomic E-state index is 0.135. The van der Waals surface area contributed by atoms with Crippen molar-refractivity contribution in [3.8, 4) is 17.1 Å². The van der Waals surface area contributed by atoms with Gasteiger partial charge in [-0.1, -0.05) is 18.2 Å². The number of carbonyl (C=O) groups is 1. The number of para-hydroxylation sites is 1. The van der Waals surface area contributed by atoms with Crippen molar-refractivity contribution in [3.05, 3.63) is 71.0 Å². The third-order valence-electron chi connectivity index (χ3n) is 4.08. The zero-order chi connectivity index (χ0) is 19.0. The predicted molar refractivity (Wildman–Crippen MR) is 101 cm³/mol. The number of hydrogen-bond donors (Lipinski definition) is 1. The Labute approximate surface area is 154 Å². The number of amides is 1. The van der Waals surface area contributed by atoms with E-state index in [2.05, 4.69) is 19.9 Å². The second kappa shape index (κ2) is 6.49. The van der Waals surface area contributed by atoms with E-state index in [0.29, 0.717) is 28.2 Å². The Bertz CT molecular complexity index is 1180. The molecule has 0 aliphatic carbocycles. The van der Waals surface area contributed by atoms with Crippen LogP contribution in [0.2, 0.25) is 0 Å². The van der Waals surface area contributed by atoms with Gasteiger partial charge in [0, 0.05) is 32.1 Å². The Morgan fingerprint density at radius 2 is 1.85 bits per heavy atom. The van der Waals surface area contributed by atoms with Crippen molar-refractivity contribution < 1.29 is 4.79 Å². The molecule has 0 bridgehead atoms. The molecule has 1 aromatic carbocycles. The number of H-pyrrole nitrogens is 1. The van der Waals surface area contributed by atoms with Crippen LogP contribution in [0.1, 0.15) is 10.5 Å². The number of carbonyl (C=O) groups excluding carboxylic acids is 1. The number of aromatic amines is 1. The molecule has 0 saturated carbocycles. The third-order valence-corrected chi connectivity index (χ3v) is 4.08. The Kier molecular flexibility index (Phi) is 4.00. The highest BCUT2D eigenvalue weighted by molar-refractivity contribution is 6.02. The van der Waals surface area contributed by atoms with Gasteiger partial charge >= 0.3 is 5.69 Å². The van der Waals surface area contributed by atoms with Crippen molar-refractivity contribution in [2.45, 2.75) is 0 Å². The maximum Gasteiger partial charge on any atom is 0.332 e. The molecule has 4 aromatic rings. The van der Waals surface area contributed by atoms with Crippen LogP contribution in [-0.4, -0.2) is 49.4 Å². The number of nitrogens with zero attached hydrogens (tertiary/aromatic N) is 5. The number of fused-ring (bicyclic) bond motifs is 1. The summed E-state index contributed by atoms with van der Waals surface area (Å²) in [6.45, 7) is 0. The van der Waals surface area contributed by atoms with Crippen LogP contribution >= 0.6 is 0 Å². The van der Waals surface area contributed by atoms with Crippen molar-refractivity contribution >= 4 is 17.1 Å². The van der Waals surface area contributed by atoms with Crippen LogP contribution in [-0.2, 0) is 0 Å². The van der Waals surface area contributed by atoms with E-state index in [4.69, 9.17) is 0 Å². The van der Waals surface area contributed by atoms with Crippen LogP contribution < -0.4 is 5.69 Å². The van der Waals surface area contributed by atoms with Gasteiger partial charge in [0.25, 0.3) is 5.91 Å². The lowest BCUT2D eigenvalue weighted by Gasteiger charge is -2.11. The van der Waals surface area contributed by atoms with E-state index in [0.717, 1.165) is 0 Å². The molecule has 1 amide bonds. The predicted octanol–water partition coefficient (Wildman–Crippen LogP) is 1.87. The summed E-state index contributed by atoms with van der Waals surface area (Å²) in [5.41, 5.74) is 1.69. The summed E-state index contributed by atoms with van der Waals surface area (Å²) in [7, 11) is 3.26. The molecule has 27 heavy (non-hydrogen) atoms. The summed E-state index contributed by atoms with van der Waals surface area (Å²) < 4.78 is 1.43. The molecule has 0 radical (unpaired) electrons. The van der Waals surface area contributed by atoms with Gasteiger partial charge in [0.05, 0.1) is 5.69 Å². The fourth-order valence-electron chi connectivity index (χ4n) is 2.79. The number of hydrogen-bond acceptors (Lipinski definition) is 5. The first-order chi connectivity index (χ1) is 13.1. The Morgan fingerprint density at radius 3 is 2.52 bits per heavy atom. The summed E-state index contributed by atoms with van der Waals surface area (Å²) in [4.78, 5) is 42.5. The van der Waals surface area contributed by atoms with Gasteiger partial charge in [-0.2, -0.15) is 0 Å². The largest absolute Gasteiger partial charge is 0.343 e. The molecule has 0 saturated heterocycles. The van der Waals surface area contributed by atoms with Crippen molar-refractivity contribution in [2.75, 3.05) is 14.1 Å². The first-order valence-corrected chi connectivity index (χ1v) is 8.26. The highest BCUT2D eigenvalue weighted by atomic mass is 16.2. The maximum absolute atomic E-state index is 12.7. The number of aromatic nitrogens is 5. The lowest BCUT2D eigenvalue weighted by Crippen LogP contribution is -2.23. The molecule has 1 N–H and O–H groups in total. The molecule has 0 atom stereocenters. The summed E-state index contributed by atoms with van der Waals surface area (Å²) in [6, 6.07) is 12.7. The number of imidazole rings is 1. The second-order valence-corrected chi connectivity index (χ2v) is 6.14. The van der Waals surface area contributed by atoms with Gasteiger partial charge in [-0.3, -0.25) is 9.78 Å². The Hall–Kier alpha value is -3.81. The van der Waals surface area contributed by atoms with E-state index in [1.807, 2.05) is 18.2 Å². The first-order valence-electron chi connectivity index (χ1n) is 8.26. The van der Waals surface area contributed by atoms with E-state index < -0.39 is 0 Å². The normalized spacial score (nSPS) is 10.9. The second-order valence-electron chi connectivity index (χ2n) is 6.14. The molecule has 134 valence electrons. The smallest absolute Gasteiger partial charge is 0.332 e. The summed E-state index contributed by atoms with van der Waals surface area (Å²) in [5.74, 6) is -0.00140. The van der Waals surface area contributed by atoms with Gasteiger partial charge in [-0.05, 0) is 24.3 Å². The highest BCUT2D eigenvalue weighted by Crippen LogP contribution is 2.22. The van der Waals surface area contributed by atoms with E-state index in [9.17, 15) is 9.59 Å². The molecule has 0 fully saturated rings.